The van der Waals surface area contributed by atoms with E-state index < -0.39 is 0 Å². The lowest BCUT2D eigenvalue weighted by Gasteiger charge is -2.19. The van der Waals surface area contributed by atoms with Gasteiger partial charge in [0.2, 0.25) is 0 Å². The van der Waals surface area contributed by atoms with E-state index in [0.717, 1.165) is 5.56 Å². The summed E-state index contributed by atoms with van der Waals surface area (Å²) >= 11 is 3.10. The summed E-state index contributed by atoms with van der Waals surface area (Å²) in [5.41, 5.74) is 0.783. The molecule has 0 heterocycles. The van der Waals surface area contributed by atoms with Crippen molar-refractivity contribution in [1.29, 1.82) is 0 Å². The first-order valence-electron chi connectivity index (χ1n) is 5.70. The van der Waals surface area contributed by atoms with Crippen LogP contribution in [0.2, 0.25) is 0 Å². The number of esters is 1. The predicted molar refractivity (Wildman–Crippen MR) is 71.6 cm³/mol. The van der Waals surface area contributed by atoms with Gasteiger partial charge in [-0.15, -0.1) is 0 Å². The highest BCUT2D eigenvalue weighted by Gasteiger charge is 2.22. The van der Waals surface area contributed by atoms with Gasteiger partial charge < -0.3 is 10.1 Å². The molecule has 0 radical (unpaired) electrons. The molecule has 3 nitrogen and oxygen atoms in total. The zero-order valence-electron chi connectivity index (χ0n) is 10.7. The van der Waals surface area contributed by atoms with Gasteiger partial charge >= 0.3 is 5.97 Å². The molecule has 100 valence electrons. The number of methoxy groups -OCH3 is 1. The van der Waals surface area contributed by atoms with Crippen molar-refractivity contribution in [3.8, 4) is 0 Å². The second-order valence-corrected chi connectivity index (χ2v) is 5.23. The van der Waals surface area contributed by atoms with E-state index in [9.17, 15) is 9.18 Å². The van der Waals surface area contributed by atoms with Crippen molar-refractivity contribution in [2.45, 2.75) is 26.4 Å². The number of carbonyl (C=O) groups excluding carboxylic acids is 1. The number of benzene rings is 1. The Hall–Kier alpha value is -0.940. The highest BCUT2D eigenvalue weighted by Crippen LogP contribution is 2.16. The fraction of sp³-hybridized carbons (Fsp3) is 0.462. The molecule has 0 aromatic heterocycles. The lowest BCUT2D eigenvalue weighted by Crippen LogP contribution is -2.41. The molecule has 0 aliphatic heterocycles. The molecular formula is C13H17BrFNO2. The fourth-order valence-corrected chi connectivity index (χ4v) is 1.84. The van der Waals surface area contributed by atoms with E-state index in [1.807, 2.05) is 13.8 Å². The molecule has 5 heteroatoms. The Morgan fingerprint density at radius 3 is 2.67 bits per heavy atom. The summed E-state index contributed by atoms with van der Waals surface area (Å²) in [7, 11) is 1.36. The van der Waals surface area contributed by atoms with Crippen molar-refractivity contribution in [3.05, 3.63) is 34.1 Å². The van der Waals surface area contributed by atoms with Crippen LogP contribution in [-0.2, 0) is 16.1 Å². The summed E-state index contributed by atoms with van der Waals surface area (Å²) in [6.07, 6.45) is 0. The van der Waals surface area contributed by atoms with Gasteiger partial charge in [-0.3, -0.25) is 4.79 Å². The number of hydrogen-bond acceptors (Lipinski definition) is 3. The van der Waals surface area contributed by atoms with Gasteiger partial charge in [0.1, 0.15) is 11.9 Å². The van der Waals surface area contributed by atoms with Gasteiger partial charge in [-0.2, -0.15) is 0 Å². The molecule has 1 aromatic carbocycles. The molecule has 0 fully saturated rings. The molecule has 0 unspecified atom stereocenters. The lowest BCUT2D eigenvalue weighted by molar-refractivity contribution is -0.144. The van der Waals surface area contributed by atoms with Crippen LogP contribution in [-0.4, -0.2) is 19.1 Å². The summed E-state index contributed by atoms with van der Waals surface area (Å²) < 4.78 is 18.5. The van der Waals surface area contributed by atoms with Crippen LogP contribution >= 0.6 is 15.9 Å². The van der Waals surface area contributed by atoms with Gasteiger partial charge in [0.05, 0.1) is 11.6 Å². The maximum absolute atomic E-state index is 13.3. The molecule has 0 spiro atoms. The third-order valence-electron chi connectivity index (χ3n) is 2.63. The molecule has 0 aliphatic rings. The van der Waals surface area contributed by atoms with Gasteiger partial charge in [0.15, 0.2) is 0 Å². The Labute approximate surface area is 115 Å². The highest BCUT2D eigenvalue weighted by molar-refractivity contribution is 9.10. The second-order valence-electron chi connectivity index (χ2n) is 4.37. The number of ether oxygens (including phenoxy) is 1. The normalized spacial score (nSPS) is 12.6. The fourth-order valence-electron chi connectivity index (χ4n) is 1.60. The monoisotopic (exact) mass is 317 g/mol. The quantitative estimate of drug-likeness (QED) is 0.849. The summed E-state index contributed by atoms with van der Waals surface area (Å²) in [6, 6.07) is 4.50. The number of halogens is 2. The molecule has 1 atom stereocenters. The van der Waals surface area contributed by atoms with Gasteiger partial charge in [-0.25, -0.2) is 4.39 Å². The maximum atomic E-state index is 13.3. The number of nitrogens with one attached hydrogen (secondary N) is 1. The van der Waals surface area contributed by atoms with Crippen LogP contribution in [0, 0.1) is 11.7 Å². The Bertz CT molecular complexity index is 423. The average molecular weight is 318 g/mol. The second kappa shape index (κ2) is 6.85. The zero-order chi connectivity index (χ0) is 13.7. The summed E-state index contributed by atoms with van der Waals surface area (Å²) in [6.45, 7) is 4.27. The van der Waals surface area contributed by atoms with Crippen LogP contribution < -0.4 is 5.32 Å². The van der Waals surface area contributed by atoms with E-state index in [4.69, 9.17) is 4.74 Å². The first-order valence-corrected chi connectivity index (χ1v) is 6.50. The number of hydrogen-bond donors (Lipinski definition) is 1. The Balaban J connectivity index is 2.67. The average Bonchev–Trinajstić information content (AvgIpc) is 2.33. The minimum atomic E-state index is -0.387. The minimum absolute atomic E-state index is 0.109. The molecule has 0 amide bonds. The Morgan fingerprint density at radius 2 is 2.17 bits per heavy atom. The minimum Gasteiger partial charge on any atom is -0.468 e. The summed E-state index contributed by atoms with van der Waals surface area (Å²) in [5, 5.41) is 3.08. The van der Waals surface area contributed by atoms with E-state index >= 15 is 0 Å². The van der Waals surface area contributed by atoms with Crippen LogP contribution in [0.3, 0.4) is 0 Å². The zero-order valence-corrected chi connectivity index (χ0v) is 12.3. The number of rotatable bonds is 5. The molecular weight excluding hydrogens is 301 g/mol. The van der Waals surface area contributed by atoms with Gasteiger partial charge in [0, 0.05) is 6.54 Å². The largest absolute Gasteiger partial charge is 0.468 e. The first kappa shape index (κ1) is 15.1. The summed E-state index contributed by atoms with van der Waals surface area (Å²) in [4.78, 5) is 11.5. The van der Waals surface area contributed by atoms with Crippen LogP contribution in [0.5, 0.6) is 0 Å². The molecule has 18 heavy (non-hydrogen) atoms. The maximum Gasteiger partial charge on any atom is 0.323 e. The molecule has 1 N–H and O–H groups in total. The van der Waals surface area contributed by atoms with E-state index in [2.05, 4.69) is 21.2 Å². The molecule has 0 saturated heterocycles. The third-order valence-corrected chi connectivity index (χ3v) is 3.28. The first-order chi connectivity index (χ1) is 8.45. The molecule has 0 saturated carbocycles. The van der Waals surface area contributed by atoms with Crippen LogP contribution in [0.15, 0.2) is 22.7 Å². The van der Waals surface area contributed by atoms with Crippen molar-refractivity contribution < 1.29 is 13.9 Å². The van der Waals surface area contributed by atoms with Crippen molar-refractivity contribution in [3.63, 3.8) is 0 Å². The summed E-state index contributed by atoms with van der Waals surface area (Å²) in [5.74, 6) is -0.506. The van der Waals surface area contributed by atoms with E-state index in [-0.39, 0.29) is 23.7 Å². The van der Waals surface area contributed by atoms with E-state index in [0.29, 0.717) is 11.0 Å². The topological polar surface area (TPSA) is 38.3 Å². The van der Waals surface area contributed by atoms with Gasteiger partial charge in [-0.05, 0) is 39.5 Å². The molecule has 1 aromatic rings. The molecule has 0 bridgehead atoms. The Morgan fingerprint density at radius 1 is 1.50 bits per heavy atom. The van der Waals surface area contributed by atoms with Crippen molar-refractivity contribution >= 4 is 21.9 Å². The van der Waals surface area contributed by atoms with Crippen LogP contribution in [0.25, 0.3) is 0 Å². The van der Waals surface area contributed by atoms with Gasteiger partial charge in [-0.1, -0.05) is 19.9 Å². The molecule has 1 rings (SSSR count). The van der Waals surface area contributed by atoms with Gasteiger partial charge in [0.25, 0.3) is 0 Å². The number of carbonyl (C=O) groups is 1. The Kier molecular flexibility index (Phi) is 5.75. The SMILES string of the molecule is COC(=O)[C@@H](NCc1ccc(Br)c(F)c1)C(C)C. The molecule has 0 aliphatic carbocycles. The smallest absolute Gasteiger partial charge is 0.323 e. The third kappa shape index (κ3) is 4.07. The van der Waals surface area contributed by atoms with Crippen LogP contribution in [0.1, 0.15) is 19.4 Å². The van der Waals surface area contributed by atoms with E-state index in [1.165, 1.54) is 13.2 Å². The van der Waals surface area contributed by atoms with Crippen molar-refractivity contribution in [2.75, 3.05) is 7.11 Å². The van der Waals surface area contributed by atoms with Crippen molar-refractivity contribution in [1.82, 2.24) is 5.32 Å². The highest BCUT2D eigenvalue weighted by atomic mass is 79.9. The standard InChI is InChI=1S/C13H17BrFNO2/c1-8(2)12(13(17)18-3)16-7-9-4-5-10(14)11(15)6-9/h4-6,8,12,16H,7H2,1-3H3/t12-/m0/s1. The predicted octanol–water partition coefficient (Wildman–Crippen LogP) is 2.88. The van der Waals surface area contributed by atoms with E-state index in [1.54, 1.807) is 12.1 Å². The lowest BCUT2D eigenvalue weighted by atomic mass is 10.0. The van der Waals surface area contributed by atoms with Crippen molar-refractivity contribution in [2.24, 2.45) is 5.92 Å². The van der Waals surface area contributed by atoms with Crippen LogP contribution in [0.4, 0.5) is 4.39 Å².